The average molecular weight is 289 g/mol. The Bertz CT molecular complexity index is 502. The molecule has 0 saturated heterocycles. The average Bonchev–Trinajstić information content (AvgIpc) is 2.47. The Balaban J connectivity index is 2.21. The summed E-state index contributed by atoms with van der Waals surface area (Å²) in [5.41, 5.74) is 2.85. The molecule has 0 unspecified atom stereocenters. The number of nitrogens with one attached hydrogen (secondary N) is 1. The molecule has 0 aliphatic heterocycles. The van der Waals surface area contributed by atoms with E-state index in [1.165, 1.54) is 19.3 Å². The third kappa shape index (κ3) is 3.78. The van der Waals surface area contributed by atoms with Crippen LogP contribution in [0.25, 0.3) is 0 Å². The molecule has 0 heterocycles. The maximum Gasteiger partial charge on any atom is 0.251 e. The Labute approximate surface area is 128 Å². The van der Waals surface area contributed by atoms with Gasteiger partial charge in [0.25, 0.3) is 5.91 Å². The van der Waals surface area contributed by atoms with Gasteiger partial charge in [-0.05, 0) is 48.9 Å². The van der Waals surface area contributed by atoms with Crippen LogP contribution in [0.15, 0.2) is 12.1 Å². The van der Waals surface area contributed by atoms with Crippen LogP contribution < -0.4 is 10.1 Å². The van der Waals surface area contributed by atoms with Crippen LogP contribution in [0, 0.1) is 6.92 Å². The highest BCUT2D eigenvalue weighted by atomic mass is 16.5. The minimum Gasteiger partial charge on any atom is -0.496 e. The minimum atomic E-state index is 0.0592. The lowest BCUT2D eigenvalue weighted by Crippen LogP contribution is -2.36. The molecule has 1 amide bonds. The van der Waals surface area contributed by atoms with Gasteiger partial charge in [0, 0.05) is 11.6 Å². The summed E-state index contributed by atoms with van der Waals surface area (Å²) in [7, 11) is 1.68. The first-order valence-corrected chi connectivity index (χ1v) is 8.02. The van der Waals surface area contributed by atoms with Gasteiger partial charge < -0.3 is 10.1 Å². The zero-order valence-electron chi connectivity index (χ0n) is 13.7. The van der Waals surface area contributed by atoms with E-state index in [1.54, 1.807) is 7.11 Å². The molecule has 0 aromatic heterocycles. The number of methoxy groups -OCH3 is 1. The van der Waals surface area contributed by atoms with Gasteiger partial charge in [0.1, 0.15) is 5.75 Å². The van der Waals surface area contributed by atoms with E-state index in [4.69, 9.17) is 4.74 Å². The molecule has 0 radical (unpaired) electrons. The molecule has 21 heavy (non-hydrogen) atoms. The lowest BCUT2D eigenvalue weighted by Gasteiger charge is -2.23. The van der Waals surface area contributed by atoms with Crippen LogP contribution in [-0.2, 0) is 0 Å². The predicted molar refractivity (Wildman–Crippen MR) is 86.2 cm³/mol. The van der Waals surface area contributed by atoms with Crippen molar-refractivity contribution in [2.75, 3.05) is 7.11 Å². The van der Waals surface area contributed by atoms with E-state index >= 15 is 0 Å². The third-order valence-electron chi connectivity index (χ3n) is 4.38. The highest BCUT2D eigenvalue weighted by molar-refractivity contribution is 5.96. The van der Waals surface area contributed by atoms with Crippen LogP contribution in [-0.4, -0.2) is 19.1 Å². The molecule has 1 aliphatic rings. The third-order valence-corrected chi connectivity index (χ3v) is 4.38. The van der Waals surface area contributed by atoms with E-state index in [2.05, 4.69) is 19.2 Å². The molecule has 1 N–H and O–H groups in total. The van der Waals surface area contributed by atoms with Gasteiger partial charge in [-0.3, -0.25) is 4.79 Å². The van der Waals surface area contributed by atoms with Crippen molar-refractivity contribution in [2.24, 2.45) is 0 Å². The van der Waals surface area contributed by atoms with Crippen molar-refractivity contribution < 1.29 is 9.53 Å². The van der Waals surface area contributed by atoms with Crippen molar-refractivity contribution in [1.82, 2.24) is 5.32 Å². The summed E-state index contributed by atoms with van der Waals surface area (Å²) in [5.74, 6) is 1.27. The van der Waals surface area contributed by atoms with Gasteiger partial charge in [-0.1, -0.05) is 33.1 Å². The largest absolute Gasteiger partial charge is 0.496 e. The zero-order valence-corrected chi connectivity index (χ0v) is 13.7. The van der Waals surface area contributed by atoms with E-state index in [-0.39, 0.29) is 5.91 Å². The van der Waals surface area contributed by atoms with Crippen LogP contribution in [0.1, 0.15) is 73.4 Å². The van der Waals surface area contributed by atoms with E-state index in [9.17, 15) is 4.79 Å². The first-order chi connectivity index (χ1) is 10.0. The van der Waals surface area contributed by atoms with Gasteiger partial charge in [0.05, 0.1) is 7.11 Å². The maximum atomic E-state index is 12.6. The smallest absolute Gasteiger partial charge is 0.251 e. The number of carbonyl (C=O) groups is 1. The highest BCUT2D eigenvalue weighted by Gasteiger charge is 2.20. The second kappa shape index (κ2) is 6.97. The van der Waals surface area contributed by atoms with Crippen molar-refractivity contribution in [1.29, 1.82) is 0 Å². The van der Waals surface area contributed by atoms with Gasteiger partial charge in [-0.2, -0.15) is 0 Å². The quantitative estimate of drug-likeness (QED) is 0.902. The normalized spacial score (nSPS) is 16.0. The molecule has 2 rings (SSSR count). The Hall–Kier alpha value is -1.51. The molecule has 0 spiro atoms. The number of carbonyl (C=O) groups excluding carboxylic acids is 1. The summed E-state index contributed by atoms with van der Waals surface area (Å²) in [6.45, 7) is 6.22. The number of aryl methyl sites for hydroxylation is 1. The van der Waals surface area contributed by atoms with Crippen molar-refractivity contribution >= 4 is 5.91 Å². The number of amides is 1. The van der Waals surface area contributed by atoms with E-state index < -0.39 is 0 Å². The number of hydrogen-bond acceptors (Lipinski definition) is 2. The van der Waals surface area contributed by atoms with Crippen LogP contribution >= 0.6 is 0 Å². The topological polar surface area (TPSA) is 38.3 Å². The van der Waals surface area contributed by atoms with Gasteiger partial charge in [0.15, 0.2) is 0 Å². The molecule has 1 aromatic carbocycles. The number of benzene rings is 1. The summed E-state index contributed by atoms with van der Waals surface area (Å²) in [5, 5.41) is 3.20. The van der Waals surface area contributed by atoms with Gasteiger partial charge in [0.2, 0.25) is 0 Å². The minimum absolute atomic E-state index is 0.0592. The standard InChI is InChI=1S/C18H27NO2/c1-12(2)15-11-16(13(3)10-17(15)21-4)18(20)19-14-8-6-5-7-9-14/h10-12,14H,5-9H2,1-4H3,(H,19,20). The lowest BCUT2D eigenvalue weighted by molar-refractivity contribution is 0.0927. The van der Waals surface area contributed by atoms with E-state index in [0.29, 0.717) is 12.0 Å². The summed E-state index contributed by atoms with van der Waals surface area (Å²) < 4.78 is 5.44. The van der Waals surface area contributed by atoms with Gasteiger partial charge in [-0.25, -0.2) is 0 Å². The monoisotopic (exact) mass is 289 g/mol. The molecule has 3 nitrogen and oxygen atoms in total. The summed E-state index contributed by atoms with van der Waals surface area (Å²) in [4.78, 5) is 12.6. The molecule has 1 fully saturated rings. The van der Waals surface area contributed by atoms with Crippen LogP contribution in [0.3, 0.4) is 0 Å². The molecular weight excluding hydrogens is 262 g/mol. The molecule has 0 atom stereocenters. The lowest BCUT2D eigenvalue weighted by atomic mass is 9.93. The van der Waals surface area contributed by atoms with Crippen LogP contribution in [0.5, 0.6) is 5.75 Å². The number of ether oxygens (including phenoxy) is 1. The summed E-state index contributed by atoms with van der Waals surface area (Å²) >= 11 is 0. The first-order valence-electron chi connectivity index (χ1n) is 8.02. The van der Waals surface area contributed by atoms with Gasteiger partial charge >= 0.3 is 0 Å². The molecule has 3 heteroatoms. The Morgan fingerprint density at radius 1 is 1.24 bits per heavy atom. The second-order valence-corrected chi connectivity index (χ2v) is 6.37. The first kappa shape index (κ1) is 15.9. The highest BCUT2D eigenvalue weighted by Crippen LogP contribution is 2.30. The predicted octanol–water partition coefficient (Wildman–Crippen LogP) is 4.19. The van der Waals surface area contributed by atoms with Crippen molar-refractivity contribution in [2.45, 2.75) is 64.8 Å². The fraction of sp³-hybridized carbons (Fsp3) is 0.611. The van der Waals surface area contributed by atoms with Crippen molar-refractivity contribution in [3.8, 4) is 5.75 Å². The summed E-state index contributed by atoms with van der Waals surface area (Å²) in [6, 6.07) is 4.32. The Kier molecular flexibility index (Phi) is 5.27. The SMILES string of the molecule is COc1cc(C)c(C(=O)NC2CCCCC2)cc1C(C)C. The molecule has 1 aromatic rings. The Morgan fingerprint density at radius 2 is 1.90 bits per heavy atom. The van der Waals surface area contributed by atoms with Crippen LogP contribution in [0.4, 0.5) is 0 Å². The number of rotatable bonds is 4. The molecule has 116 valence electrons. The molecule has 1 saturated carbocycles. The van der Waals surface area contributed by atoms with E-state index in [1.807, 2.05) is 19.1 Å². The van der Waals surface area contributed by atoms with Gasteiger partial charge in [-0.15, -0.1) is 0 Å². The van der Waals surface area contributed by atoms with Crippen molar-refractivity contribution in [3.05, 3.63) is 28.8 Å². The van der Waals surface area contributed by atoms with Crippen molar-refractivity contribution in [3.63, 3.8) is 0 Å². The maximum absolute atomic E-state index is 12.6. The molecule has 0 bridgehead atoms. The summed E-state index contributed by atoms with van der Waals surface area (Å²) in [6.07, 6.45) is 5.97. The zero-order chi connectivity index (χ0) is 15.4. The number of hydrogen-bond donors (Lipinski definition) is 1. The van der Waals surface area contributed by atoms with E-state index in [0.717, 1.165) is 35.3 Å². The molecular formula is C18H27NO2. The fourth-order valence-corrected chi connectivity index (χ4v) is 3.08. The Morgan fingerprint density at radius 3 is 2.48 bits per heavy atom. The second-order valence-electron chi connectivity index (χ2n) is 6.37. The van der Waals surface area contributed by atoms with Crippen LogP contribution in [0.2, 0.25) is 0 Å². The molecule has 1 aliphatic carbocycles. The fourth-order valence-electron chi connectivity index (χ4n) is 3.08.